The molecule has 0 fully saturated rings. The Bertz CT molecular complexity index is 1620. The normalized spacial score (nSPS) is 12.6. The van der Waals surface area contributed by atoms with Gasteiger partial charge in [0.1, 0.15) is 6.33 Å². The van der Waals surface area contributed by atoms with Gasteiger partial charge in [-0.05, 0) is 58.8 Å². The second kappa shape index (κ2) is 8.74. The molecule has 0 aliphatic rings. The molecular formula is C26H23N5O2S. The van der Waals surface area contributed by atoms with Crippen molar-refractivity contribution in [2.75, 3.05) is 11.1 Å². The van der Waals surface area contributed by atoms with E-state index < -0.39 is 16.0 Å². The van der Waals surface area contributed by atoms with E-state index in [0.717, 1.165) is 32.9 Å². The zero-order chi connectivity index (χ0) is 23.7. The highest BCUT2D eigenvalue weighted by Crippen LogP contribution is 2.27. The second-order valence-electron chi connectivity index (χ2n) is 8.12. The summed E-state index contributed by atoms with van der Waals surface area (Å²) < 4.78 is 26.4. The Balaban J connectivity index is 1.35. The third-order valence-electron chi connectivity index (χ3n) is 5.76. The number of sulfone groups is 1. The molecule has 5 rings (SSSR count). The maximum absolute atomic E-state index is 13.2. The van der Waals surface area contributed by atoms with Gasteiger partial charge in [-0.15, -0.1) is 0 Å². The molecule has 0 saturated heterocycles. The van der Waals surface area contributed by atoms with E-state index in [-0.39, 0.29) is 9.79 Å². The highest BCUT2D eigenvalue weighted by molar-refractivity contribution is 7.91. The van der Waals surface area contributed by atoms with Crippen molar-refractivity contribution in [3.8, 4) is 0 Å². The van der Waals surface area contributed by atoms with E-state index in [0.29, 0.717) is 12.1 Å². The SMILES string of the molecule is Nc1cc(S(=O)(=O)c2ccc3ccccc3c2)ccc1CC(N)Nc1ccc2ncncc2c1. The van der Waals surface area contributed by atoms with Gasteiger partial charge in [0.05, 0.1) is 21.5 Å². The predicted molar refractivity (Wildman–Crippen MR) is 135 cm³/mol. The van der Waals surface area contributed by atoms with E-state index in [2.05, 4.69) is 15.3 Å². The minimum Gasteiger partial charge on any atom is -0.398 e. The van der Waals surface area contributed by atoms with E-state index in [4.69, 9.17) is 11.5 Å². The summed E-state index contributed by atoms with van der Waals surface area (Å²) in [4.78, 5) is 8.64. The molecule has 1 aromatic heterocycles. The van der Waals surface area contributed by atoms with Crippen LogP contribution < -0.4 is 16.8 Å². The van der Waals surface area contributed by atoms with Crippen molar-refractivity contribution in [1.82, 2.24) is 9.97 Å². The lowest BCUT2D eigenvalue weighted by atomic mass is 10.1. The molecule has 0 aliphatic heterocycles. The second-order valence-corrected chi connectivity index (χ2v) is 10.1. The summed E-state index contributed by atoms with van der Waals surface area (Å²) in [5, 5.41) is 6.00. The lowest BCUT2D eigenvalue weighted by molar-refractivity contribution is 0.596. The molecule has 0 amide bonds. The summed E-state index contributed by atoms with van der Waals surface area (Å²) >= 11 is 0. The number of anilines is 2. The molecule has 7 nitrogen and oxygen atoms in total. The lowest BCUT2D eigenvalue weighted by Crippen LogP contribution is -2.32. The summed E-state index contributed by atoms with van der Waals surface area (Å²) in [6, 6.07) is 23.3. The fourth-order valence-electron chi connectivity index (χ4n) is 3.97. The van der Waals surface area contributed by atoms with E-state index in [1.54, 1.807) is 30.5 Å². The molecule has 0 bridgehead atoms. The minimum absolute atomic E-state index is 0.153. The molecule has 0 saturated carbocycles. The number of hydrogen-bond acceptors (Lipinski definition) is 7. The van der Waals surface area contributed by atoms with Crippen molar-refractivity contribution in [1.29, 1.82) is 0 Å². The lowest BCUT2D eigenvalue weighted by Gasteiger charge is -2.17. The van der Waals surface area contributed by atoms with Crippen LogP contribution in [0.25, 0.3) is 21.7 Å². The van der Waals surface area contributed by atoms with Crippen molar-refractivity contribution < 1.29 is 8.42 Å². The Morgan fingerprint density at radius 1 is 0.853 bits per heavy atom. The van der Waals surface area contributed by atoms with Crippen LogP contribution in [-0.4, -0.2) is 24.6 Å². The Kier molecular flexibility index (Phi) is 5.61. The fraction of sp³-hybridized carbons (Fsp3) is 0.0769. The first-order chi connectivity index (χ1) is 16.4. The molecule has 5 aromatic rings. The molecule has 34 heavy (non-hydrogen) atoms. The molecule has 0 spiro atoms. The molecule has 8 heteroatoms. The molecule has 1 unspecified atom stereocenters. The van der Waals surface area contributed by atoms with Crippen LogP contribution in [0.5, 0.6) is 0 Å². The summed E-state index contributed by atoms with van der Waals surface area (Å²) in [5.74, 6) is 0. The van der Waals surface area contributed by atoms with E-state index in [1.807, 2.05) is 48.5 Å². The number of rotatable bonds is 6. The van der Waals surface area contributed by atoms with Gasteiger partial charge >= 0.3 is 0 Å². The molecule has 0 aliphatic carbocycles. The van der Waals surface area contributed by atoms with Gasteiger partial charge in [0.15, 0.2) is 0 Å². The van der Waals surface area contributed by atoms with Crippen LogP contribution in [0.15, 0.2) is 101 Å². The Hall–Kier alpha value is -4.01. The van der Waals surface area contributed by atoms with Gasteiger partial charge in [-0.1, -0.05) is 36.4 Å². The molecule has 0 radical (unpaired) electrons. The Morgan fingerprint density at radius 2 is 1.62 bits per heavy atom. The number of nitrogens with one attached hydrogen (secondary N) is 1. The molecule has 170 valence electrons. The summed E-state index contributed by atoms with van der Waals surface area (Å²) in [7, 11) is -3.71. The highest BCUT2D eigenvalue weighted by atomic mass is 32.2. The van der Waals surface area contributed by atoms with E-state index in [1.165, 1.54) is 12.4 Å². The topological polar surface area (TPSA) is 124 Å². The monoisotopic (exact) mass is 469 g/mol. The summed E-state index contributed by atoms with van der Waals surface area (Å²) in [6.07, 6.45) is 3.25. The summed E-state index contributed by atoms with van der Waals surface area (Å²) in [6.45, 7) is 0. The average Bonchev–Trinajstić information content (AvgIpc) is 2.84. The average molecular weight is 470 g/mol. The van der Waals surface area contributed by atoms with E-state index >= 15 is 0 Å². The van der Waals surface area contributed by atoms with Crippen molar-refractivity contribution in [2.24, 2.45) is 5.73 Å². The number of nitrogens with two attached hydrogens (primary N) is 2. The zero-order valence-electron chi connectivity index (χ0n) is 18.2. The van der Waals surface area contributed by atoms with Crippen LogP contribution >= 0.6 is 0 Å². The van der Waals surface area contributed by atoms with Gasteiger partial charge < -0.3 is 16.8 Å². The number of nitrogens with zero attached hydrogens (tertiary/aromatic N) is 2. The van der Waals surface area contributed by atoms with Crippen LogP contribution in [0, 0.1) is 0 Å². The molecule has 1 heterocycles. The van der Waals surface area contributed by atoms with Gasteiger partial charge in [-0.2, -0.15) is 0 Å². The first-order valence-corrected chi connectivity index (χ1v) is 12.2. The number of fused-ring (bicyclic) bond motifs is 2. The van der Waals surface area contributed by atoms with E-state index in [9.17, 15) is 8.42 Å². The largest absolute Gasteiger partial charge is 0.398 e. The zero-order valence-corrected chi connectivity index (χ0v) is 19.0. The number of aromatic nitrogens is 2. The first kappa shape index (κ1) is 21.8. The van der Waals surface area contributed by atoms with Gasteiger partial charge in [-0.25, -0.2) is 18.4 Å². The number of hydrogen-bond donors (Lipinski definition) is 3. The Labute approximate surface area is 197 Å². The van der Waals surface area contributed by atoms with Crippen LogP contribution in [0.2, 0.25) is 0 Å². The third-order valence-corrected chi connectivity index (χ3v) is 7.50. The number of benzene rings is 4. The van der Waals surface area contributed by atoms with Crippen molar-refractivity contribution in [3.63, 3.8) is 0 Å². The van der Waals surface area contributed by atoms with Crippen molar-refractivity contribution >= 4 is 42.9 Å². The maximum Gasteiger partial charge on any atom is 0.206 e. The van der Waals surface area contributed by atoms with Gasteiger partial charge in [0.25, 0.3) is 0 Å². The number of nitrogen functional groups attached to an aromatic ring is 1. The quantitative estimate of drug-likeness (QED) is 0.252. The van der Waals surface area contributed by atoms with Crippen LogP contribution in [0.3, 0.4) is 0 Å². The van der Waals surface area contributed by atoms with Crippen LogP contribution in [-0.2, 0) is 16.3 Å². The van der Waals surface area contributed by atoms with Gasteiger partial charge in [0, 0.05) is 29.4 Å². The van der Waals surface area contributed by atoms with Crippen molar-refractivity contribution in [2.45, 2.75) is 22.4 Å². The van der Waals surface area contributed by atoms with Gasteiger partial charge in [0.2, 0.25) is 9.84 Å². The standard InChI is InChI=1S/C26H23N5O2S/c27-24-14-23(34(32,33)22-8-5-17-3-1-2-4-18(17)12-22)9-6-19(24)13-26(28)31-21-7-10-25-20(11-21)15-29-16-30-25/h1-12,14-16,26,31H,13,27-28H2. The first-order valence-electron chi connectivity index (χ1n) is 10.7. The highest BCUT2D eigenvalue weighted by Gasteiger charge is 2.19. The molecule has 5 N–H and O–H groups in total. The van der Waals surface area contributed by atoms with Crippen LogP contribution in [0.1, 0.15) is 5.56 Å². The fourth-order valence-corrected chi connectivity index (χ4v) is 5.30. The molecular weight excluding hydrogens is 446 g/mol. The van der Waals surface area contributed by atoms with Gasteiger partial charge in [-0.3, -0.25) is 0 Å². The predicted octanol–water partition coefficient (Wildman–Crippen LogP) is 4.14. The van der Waals surface area contributed by atoms with Crippen molar-refractivity contribution in [3.05, 3.63) is 97.0 Å². The Morgan fingerprint density at radius 3 is 2.44 bits per heavy atom. The van der Waals surface area contributed by atoms with Crippen LogP contribution in [0.4, 0.5) is 11.4 Å². The summed E-state index contributed by atoms with van der Waals surface area (Å²) in [5.41, 5.74) is 15.4. The third kappa shape index (κ3) is 4.28. The maximum atomic E-state index is 13.2. The molecule has 4 aromatic carbocycles. The molecule has 1 atom stereocenters. The minimum atomic E-state index is -3.71. The smallest absolute Gasteiger partial charge is 0.206 e.